The van der Waals surface area contributed by atoms with Gasteiger partial charge in [0, 0.05) is 5.41 Å². The first-order valence-electron chi connectivity index (χ1n) is 6.46. The van der Waals surface area contributed by atoms with Crippen molar-refractivity contribution in [1.82, 2.24) is 9.55 Å². The number of aliphatic hydroxyl groups excluding tert-OH is 2. The highest BCUT2D eigenvalue weighted by molar-refractivity contribution is 5.41. The molecule has 0 aliphatic heterocycles. The summed E-state index contributed by atoms with van der Waals surface area (Å²) in [7, 11) is 0. The van der Waals surface area contributed by atoms with E-state index in [0.717, 1.165) is 16.8 Å². The van der Waals surface area contributed by atoms with E-state index < -0.39 is 6.10 Å². The zero-order valence-corrected chi connectivity index (χ0v) is 11.1. The molecule has 0 saturated heterocycles. The number of fused-ring (bicyclic) bond motifs is 1. The lowest BCUT2D eigenvalue weighted by atomic mass is 9.83. The summed E-state index contributed by atoms with van der Waals surface area (Å²) < 4.78 is 1.97. The third-order valence-corrected chi connectivity index (χ3v) is 4.18. The maximum absolute atomic E-state index is 10.5. The van der Waals surface area contributed by atoms with Crippen molar-refractivity contribution < 1.29 is 10.2 Å². The molecular formula is C15H18N2O2. The average Bonchev–Trinajstić information content (AvgIpc) is 2.93. The van der Waals surface area contributed by atoms with E-state index in [-0.39, 0.29) is 18.1 Å². The Morgan fingerprint density at radius 1 is 1.26 bits per heavy atom. The minimum Gasteiger partial charge on any atom is -0.390 e. The number of rotatable bonds is 2. The molecule has 1 aliphatic carbocycles. The monoisotopic (exact) mass is 258 g/mol. The molecule has 0 unspecified atom stereocenters. The molecule has 1 heterocycles. The Morgan fingerprint density at radius 3 is 2.63 bits per heavy atom. The molecule has 0 bridgehead atoms. The zero-order valence-electron chi connectivity index (χ0n) is 11.1. The molecule has 4 heteroatoms. The topological polar surface area (TPSA) is 58.3 Å². The number of nitrogens with zero attached hydrogens (tertiary/aromatic N) is 2. The van der Waals surface area contributed by atoms with Gasteiger partial charge in [0.2, 0.25) is 0 Å². The van der Waals surface area contributed by atoms with E-state index in [1.54, 1.807) is 12.5 Å². The molecule has 4 nitrogen and oxygen atoms in total. The van der Waals surface area contributed by atoms with Crippen LogP contribution in [0.1, 0.15) is 42.8 Å². The second-order valence-corrected chi connectivity index (χ2v) is 5.71. The number of aromatic nitrogens is 2. The summed E-state index contributed by atoms with van der Waals surface area (Å²) in [5.74, 6) is 0. The molecule has 3 rings (SSSR count). The fourth-order valence-electron chi connectivity index (χ4n) is 3.16. The van der Waals surface area contributed by atoms with Crippen LogP contribution in [-0.2, 0) is 6.61 Å². The van der Waals surface area contributed by atoms with E-state index in [9.17, 15) is 10.2 Å². The van der Waals surface area contributed by atoms with Crippen molar-refractivity contribution in [2.45, 2.75) is 32.6 Å². The average molecular weight is 258 g/mol. The zero-order chi connectivity index (χ0) is 13.6. The molecule has 2 atom stereocenters. The van der Waals surface area contributed by atoms with Crippen LogP contribution < -0.4 is 0 Å². The highest BCUT2D eigenvalue weighted by Gasteiger charge is 2.47. The van der Waals surface area contributed by atoms with Gasteiger partial charge in [0.25, 0.3) is 0 Å². The largest absolute Gasteiger partial charge is 0.390 e. The molecule has 0 radical (unpaired) electrons. The van der Waals surface area contributed by atoms with Crippen LogP contribution in [0.5, 0.6) is 0 Å². The molecule has 19 heavy (non-hydrogen) atoms. The maximum Gasteiger partial charge on any atom is 0.0954 e. The fraction of sp³-hybridized carbons (Fsp3) is 0.400. The molecule has 0 amide bonds. The van der Waals surface area contributed by atoms with Gasteiger partial charge >= 0.3 is 0 Å². The van der Waals surface area contributed by atoms with Crippen LogP contribution >= 0.6 is 0 Å². The highest BCUT2D eigenvalue weighted by atomic mass is 16.3. The lowest BCUT2D eigenvalue weighted by molar-refractivity contribution is 0.0405. The number of benzene rings is 1. The second-order valence-electron chi connectivity index (χ2n) is 5.71. The van der Waals surface area contributed by atoms with Gasteiger partial charge in [-0.05, 0) is 11.1 Å². The highest BCUT2D eigenvalue weighted by Crippen LogP contribution is 2.54. The van der Waals surface area contributed by atoms with Crippen LogP contribution in [0.4, 0.5) is 0 Å². The second kappa shape index (κ2) is 4.18. The van der Waals surface area contributed by atoms with E-state index in [1.165, 1.54) is 0 Å². The summed E-state index contributed by atoms with van der Waals surface area (Å²) >= 11 is 0. The molecule has 0 spiro atoms. The molecular weight excluding hydrogens is 240 g/mol. The number of hydrogen-bond donors (Lipinski definition) is 2. The van der Waals surface area contributed by atoms with Crippen molar-refractivity contribution in [3.63, 3.8) is 0 Å². The summed E-state index contributed by atoms with van der Waals surface area (Å²) in [4.78, 5) is 4.12. The molecule has 1 aromatic carbocycles. The van der Waals surface area contributed by atoms with Gasteiger partial charge in [0.05, 0.1) is 37.0 Å². The molecule has 100 valence electrons. The van der Waals surface area contributed by atoms with Gasteiger partial charge in [0.1, 0.15) is 0 Å². The Balaban J connectivity index is 2.20. The first-order valence-corrected chi connectivity index (χ1v) is 6.46. The molecule has 2 aromatic rings. The minimum atomic E-state index is -0.511. The SMILES string of the molecule is CC1(C)[C@@H](n2cncc2CO)c2ccccc2[C@@H]1O. The first-order chi connectivity index (χ1) is 9.07. The van der Waals surface area contributed by atoms with Gasteiger partial charge in [-0.25, -0.2) is 4.98 Å². The Labute approximate surface area is 112 Å². The summed E-state index contributed by atoms with van der Waals surface area (Å²) in [6.07, 6.45) is 2.89. The van der Waals surface area contributed by atoms with Crippen molar-refractivity contribution in [3.8, 4) is 0 Å². The third-order valence-electron chi connectivity index (χ3n) is 4.18. The van der Waals surface area contributed by atoms with Crippen molar-refractivity contribution in [2.75, 3.05) is 0 Å². The van der Waals surface area contributed by atoms with E-state index in [4.69, 9.17) is 0 Å². The Kier molecular flexibility index (Phi) is 2.73. The van der Waals surface area contributed by atoms with E-state index in [2.05, 4.69) is 4.98 Å². The lowest BCUT2D eigenvalue weighted by Gasteiger charge is -2.32. The standard InChI is InChI=1S/C15H18N2O2/c1-15(2)13(17-9-16-7-10(17)8-18)11-5-3-4-6-12(11)14(15)19/h3-7,9,13-14,18-19H,8H2,1-2H3/t13-,14-/m0/s1. The summed E-state index contributed by atoms with van der Waals surface area (Å²) in [5, 5.41) is 20.0. The Bertz CT molecular complexity index is 604. The van der Waals surface area contributed by atoms with Gasteiger partial charge in [-0.15, -0.1) is 0 Å². The van der Waals surface area contributed by atoms with Crippen molar-refractivity contribution >= 4 is 0 Å². The predicted octanol–water partition coefficient (Wildman–Crippen LogP) is 2.04. The fourth-order valence-corrected chi connectivity index (χ4v) is 3.16. The van der Waals surface area contributed by atoms with Gasteiger partial charge in [-0.2, -0.15) is 0 Å². The van der Waals surface area contributed by atoms with Gasteiger partial charge in [0.15, 0.2) is 0 Å². The van der Waals surface area contributed by atoms with Crippen molar-refractivity contribution in [1.29, 1.82) is 0 Å². The van der Waals surface area contributed by atoms with Crippen molar-refractivity contribution in [2.24, 2.45) is 5.41 Å². The summed E-state index contributed by atoms with van der Waals surface area (Å²) in [6, 6.07) is 7.93. The smallest absolute Gasteiger partial charge is 0.0954 e. The normalized spacial score (nSPS) is 24.4. The summed E-state index contributed by atoms with van der Waals surface area (Å²) in [6.45, 7) is 4.04. The summed E-state index contributed by atoms with van der Waals surface area (Å²) in [5.41, 5.74) is 2.50. The van der Waals surface area contributed by atoms with Gasteiger partial charge in [-0.3, -0.25) is 0 Å². The molecule has 0 saturated carbocycles. The number of hydrogen-bond acceptors (Lipinski definition) is 3. The van der Waals surface area contributed by atoms with Crippen LogP contribution in [0, 0.1) is 5.41 Å². The molecule has 1 aromatic heterocycles. The van der Waals surface area contributed by atoms with Gasteiger partial charge in [-0.1, -0.05) is 38.1 Å². The molecule has 0 fully saturated rings. The number of aliphatic hydroxyl groups is 2. The number of imidazole rings is 1. The minimum absolute atomic E-state index is 0.0108. The van der Waals surface area contributed by atoms with E-state index >= 15 is 0 Å². The third kappa shape index (κ3) is 1.64. The first kappa shape index (κ1) is 12.4. The van der Waals surface area contributed by atoms with E-state index in [1.807, 2.05) is 42.7 Å². The lowest BCUT2D eigenvalue weighted by Crippen LogP contribution is -2.28. The van der Waals surface area contributed by atoms with E-state index in [0.29, 0.717) is 0 Å². The van der Waals surface area contributed by atoms with Crippen LogP contribution in [0.2, 0.25) is 0 Å². The predicted molar refractivity (Wildman–Crippen MR) is 71.5 cm³/mol. The maximum atomic E-state index is 10.5. The quantitative estimate of drug-likeness (QED) is 0.866. The van der Waals surface area contributed by atoms with Crippen LogP contribution in [0.15, 0.2) is 36.8 Å². The van der Waals surface area contributed by atoms with Gasteiger partial charge < -0.3 is 14.8 Å². The molecule has 1 aliphatic rings. The van der Waals surface area contributed by atoms with Crippen LogP contribution in [0.25, 0.3) is 0 Å². The van der Waals surface area contributed by atoms with Crippen LogP contribution in [-0.4, -0.2) is 19.8 Å². The van der Waals surface area contributed by atoms with Crippen molar-refractivity contribution in [3.05, 3.63) is 53.6 Å². The Hall–Kier alpha value is -1.65. The van der Waals surface area contributed by atoms with Crippen LogP contribution in [0.3, 0.4) is 0 Å². The molecule has 2 N–H and O–H groups in total. The Morgan fingerprint density at radius 2 is 1.95 bits per heavy atom.